The topological polar surface area (TPSA) is 97.1 Å². The number of benzene rings is 22. The van der Waals surface area contributed by atoms with Crippen LogP contribution in [-0.4, -0.2) is 48.2 Å². The lowest BCUT2D eigenvalue weighted by atomic mass is 9.93. The average molecular weight is 1730 g/mol. The Kier molecular flexibility index (Phi) is 17.2. The third-order valence-electron chi connectivity index (χ3n) is 27.9. The van der Waals surface area contributed by atoms with Crippen molar-refractivity contribution in [1.82, 2.24) is 48.2 Å². The molecule has 0 radical (unpaired) electrons. The third kappa shape index (κ3) is 12.3. The molecular weight excluding hydrogens is 1650 g/mol. The standard InChI is InChI=1S/C126H76N10/c1-5-32-80(33-6-1)103-73-118-120(101-52-23-21-48-97(101)103)110-72-106-100-51-26-28-55-112(100)136(114(106)76-116(110)134(118)92-63-62-78-31-14-16-39-86(78)66-92)94-68-87-40-17-19-46-95(87)107(69-94)125-129-121(82-34-7-2-8-35-82)127-123(131-125)89-43-29-42-85(64-89)79-56-59-81(60-57-79)104-74-117-119(102-53-24-22-49-98(102)104)109-71-105-99-50-25-27-54-111(99)135(113(105)75-115(109)133(117)91-44-11-4-12-45-91)93-67-88-41-18-20-47-96(88)108(70-93)126-130-122(83-36-9-3-10-37-83)128-124(132-126)90-61-58-77-30-13-15-38-84(77)65-90/h1-76H. The molecule has 6 heterocycles. The first-order valence-corrected chi connectivity index (χ1v) is 46.3. The van der Waals surface area contributed by atoms with Gasteiger partial charge in [-0.05, 0) is 207 Å². The van der Waals surface area contributed by atoms with Crippen molar-refractivity contribution in [3.05, 3.63) is 461 Å². The molecule has 28 aromatic rings. The molecular formula is C126H76N10. The van der Waals surface area contributed by atoms with Crippen molar-refractivity contribution in [2.24, 2.45) is 0 Å². The van der Waals surface area contributed by atoms with Gasteiger partial charge in [-0.15, -0.1) is 0 Å². The molecule has 0 aliphatic rings. The summed E-state index contributed by atoms with van der Waals surface area (Å²) >= 11 is 0. The summed E-state index contributed by atoms with van der Waals surface area (Å²) in [6.45, 7) is 0. The van der Waals surface area contributed by atoms with Crippen molar-refractivity contribution in [2.45, 2.75) is 0 Å². The van der Waals surface area contributed by atoms with Gasteiger partial charge in [-0.1, -0.05) is 352 Å². The smallest absolute Gasteiger partial charge is 0.164 e. The lowest BCUT2D eigenvalue weighted by Crippen LogP contribution is -2.02. The molecule has 28 rings (SSSR count). The molecule has 0 saturated carbocycles. The Labute approximate surface area is 780 Å². The fraction of sp³-hybridized carbons (Fsp3) is 0. The van der Waals surface area contributed by atoms with Crippen molar-refractivity contribution in [2.75, 3.05) is 0 Å². The Balaban J connectivity index is 0.573. The highest BCUT2D eigenvalue weighted by molar-refractivity contribution is 6.30. The minimum Gasteiger partial charge on any atom is -0.309 e. The maximum absolute atomic E-state index is 5.62. The van der Waals surface area contributed by atoms with Crippen molar-refractivity contribution < 1.29 is 0 Å². The molecule has 0 saturated heterocycles. The molecule has 0 spiro atoms. The maximum atomic E-state index is 5.62. The zero-order valence-corrected chi connectivity index (χ0v) is 73.4. The van der Waals surface area contributed by atoms with Gasteiger partial charge in [-0.2, -0.15) is 0 Å². The molecule has 22 aromatic carbocycles. The van der Waals surface area contributed by atoms with E-state index < -0.39 is 0 Å². The zero-order valence-electron chi connectivity index (χ0n) is 73.4. The van der Waals surface area contributed by atoms with Crippen LogP contribution in [0.5, 0.6) is 0 Å². The van der Waals surface area contributed by atoms with Gasteiger partial charge in [-0.3, -0.25) is 0 Å². The van der Waals surface area contributed by atoms with Crippen LogP contribution in [-0.2, 0) is 0 Å². The van der Waals surface area contributed by atoms with Gasteiger partial charge in [0.25, 0.3) is 0 Å². The van der Waals surface area contributed by atoms with E-state index in [1.807, 2.05) is 24.3 Å². The van der Waals surface area contributed by atoms with E-state index in [1.54, 1.807) is 0 Å². The fourth-order valence-electron chi connectivity index (χ4n) is 21.7. The summed E-state index contributed by atoms with van der Waals surface area (Å²) in [5.41, 5.74) is 25.1. The third-order valence-corrected chi connectivity index (χ3v) is 27.9. The van der Waals surface area contributed by atoms with Crippen LogP contribution in [0.1, 0.15) is 0 Å². The van der Waals surface area contributed by atoms with Gasteiger partial charge >= 0.3 is 0 Å². The van der Waals surface area contributed by atoms with E-state index in [0.29, 0.717) is 34.9 Å². The minimum absolute atomic E-state index is 0.569. The van der Waals surface area contributed by atoms with Gasteiger partial charge in [0.15, 0.2) is 34.9 Å². The number of nitrogens with zero attached hydrogens (tertiary/aromatic N) is 10. The monoisotopic (exact) mass is 1730 g/mol. The van der Waals surface area contributed by atoms with Gasteiger partial charge in [0, 0.05) is 99.2 Å². The van der Waals surface area contributed by atoms with Gasteiger partial charge in [-0.25, -0.2) is 29.9 Å². The summed E-state index contributed by atoms with van der Waals surface area (Å²) in [6, 6.07) is 167. The van der Waals surface area contributed by atoms with Crippen molar-refractivity contribution >= 4 is 152 Å². The summed E-state index contributed by atoms with van der Waals surface area (Å²) in [7, 11) is 0. The van der Waals surface area contributed by atoms with Gasteiger partial charge in [0.1, 0.15) is 0 Å². The lowest BCUT2D eigenvalue weighted by Gasteiger charge is -2.15. The second-order valence-electron chi connectivity index (χ2n) is 35.6. The molecule has 0 N–H and O–H groups in total. The summed E-state index contributed by atoms with van der Waals surface area (Å²) in [5.74, 6) is 3.53. The van der Waals surface area contributed by atoms with Crippen LogP contribution in [0.3, 0.4) is 0 Å². The highest BCUT2D eigenvalue weighted by Crippen LogP contribution is 2.50. The molecule has 136 heavy (non-hydrogen) atoms. The Morgan fingerprint density at radius 3 is 0.963 bits per heavy atom. The van der Waals surface area contributed by atoms with E-state index >= 15 is 0 Å². The van der Waals surface area contributed by atoms with Crippen molar-refractivity contribution in [3.63, 3.8) is 0 Å². The van der Waals surface area contributed by atoms with Gasteiger partial charge < -0.3 is 18.3 Å². The summed E-state index contributed by atoms with van der Waals surface area (Å²) in [6.07, 6.45) is 0. The molecule has 0 amide bonds. The lowest BCUT2D eigenvalue weighted by molar-refractivity contribution is 1.07. The van der Waals surface area contributed by atoms with Crippen LogP contribution in [0.15, 0.2) is 461 Å². The van der Waals surface area contributed by atoms with Gasteiger partial charge in [0.2, 0.25) is 0 Å². The Morgan fingerprint density at radius 2 is 0.456 bits per heavy atom. The first-order valence-electron chi connectivity index (χ1n) is 46.3. The number of para-hydroxylation sites is 3. The second kappa shape index (κ2) is 30.6. The molecule has 0 aliphatic heterocycles. The minimum atomic E-state index is 0.569. The maximum Gasteiger partial charge on any atom is 0.164 e. The number of rotatable bonds is 13. The highest BCUT2D eigenvalue weighted by Gasteiger charge is 2.28. The van der Waals surface area contributed by atoms with Crippen LogP contribution in [0, 0.1) is 0 Å². The number of aromatic nitrogens is 10. The van der Waals surface area contributed by atoms with Crippen LogP contribution in [0.25, 0.3) is 276 Å². The van der Waals surface area contributed by atoms with Crippen LogP contribution < -0.4 is 0 Å². The van der Waals surface area contributed by atoms with Crippen LogP contribution in [0.4, 0.5) is 0 Å². The predicted octanol–water partition coefficient (Wildman–Crippen LogP) is 32.4. The van der Waals surface area contributed by atoms with Crippen LogP contribution in [0.2, 0.25) is 0 Å². The molecule has 10 nitrogen and oxygen atoms in total. The second-order valence-corrected chi connectivity index (χ2v) is 35.6. The predicted molar refractivity (Wildman–Crippen MR) is 565 cm³/mol. The van der Waals surface area contributed by atoms with E-state index in [0.717, 1.165) is 176 Å². The molecule has 0 fully saturated rings. The van der Waals surface area contributed by atoms with E-state index in [2.05, 4.69) is 455 Å². The first kappa shape index (κ1) is 76.5. The normalized spacial score (nSPS) is 12.0. The molecule has 0 aliphatic carbocycles. The Morgan fingerprint density at radius 1 is 0.125 bits per heavy atom. The van der Waals surface area contributed by atoms with Gasteiger partial charge in [0.05, 0.1) is 44.1 Å². The van der Waals surface area contributed by atoms with E-state index in [9.17, 15) is 0 Å². The quantitative estimate of drug-likeness (QED) is 0.114. The van der Waals surface area contributed by atoms with Crippen LogP contribution >= 0.6 is 0 Å². The number of hydrogen-bond acceptors (Lipinski definition) is 6. The largest absolute Gasteiger partial charge is 0.309 e. The summed E-state index contributed by atoms with van der Waals surface area (Å²) < 4.78 is 9.88. The first-order chi connectivity index (χ1) is 67.4. The molecule has 0 unspecified atom stereocenters. The molecule has 0 atom stereocenters. The van der Waals surface area contributed by atoms with Crippen molar-refractivity contribution in [3.8, 4) is 124 Å². The fourth-order valence-corrected chi connectivity index (χ4v) is 21.7. The number of fused-ring (bicyclic) bond motifs is 20. The average Bonchev–Trinajstić information content (AvgIpc) is 1.54. The van der Waals surface area contributed by atoms with E-state index in [4.69, 9.17) is 29.9 Å². The zero-order chi connectivity index (χ0) is 89.2. The Hall–Kier alpha value is -18.4. The summed E-state index contributed by atoms with van der Waals surface area (Å²) in [5, 5.41) is 23.0. The molecule has 630 valence electrons. The molecule has 10 heteroatoms. The van der Waals surface area contributed by atoms with E-state index in [1.165, 1.54) is 65.0 Å². The Bertz CT molecular complexity index is 9860. The number of hydrogen-bond donors (Lipinski definition) is 0. The molecule has 6 aromatic heterocycles. The highest BCUT2D eigenvalue weighted by atomic mass is 15.1. The summed E-state index contributed by atoms with van der Waals surface area (Å²) in [4.78, 5) is 32.6. The van der Waals surface area contributed by atoms with E-state index in [-0.39, 0.29) is 0 Å². The SMILES string of the molecule is c1ccc(-c2nc(-c3ccc4ccccc4c3)nc(-c3cc(-n4c5ccccc5c5cc6c7c8ccccc8c(-c8ccc(-c9cccc(-c%10nc(-c%11ccccc%11)nc(-c%11cc(-n%12c%13ccccc%13c%13cc%14c%15c%16ccccc%16c(-c%16ccccc%16)cc%15n(-c%15ccc%16ccccc%16c%15)c%14cc%13%12)cc%12ccccc%11%12)n%10)c9)cc8)cc7n(-c7ccccc7)c6cc54)cc4ccccc34)n2)cc1. The molecule has 0 bridgehead atoms. The van der Waals surface area contributed by atoms with Crippen molar-refractivity contribution in [1.29, 1.82) is 0 Å².